The summed E-state index contributed by atoms with van der Waals surface area (Å²) in [6.07, 6.45) is 2.01. The molecule has 2 aromatic rings. The maximum atomic E-state index is 5.93. The molecule has 3 N–H and O–H groups in total. The van der Waals surface area contributed by atoms with Crippen LogP contribution in [0.2, 0.25) is 0 Å². The molecule has 3 rings (SSSR count). The van der Waals surface area contributed by atoms with Crippen LogP contribution in [-0.4, -0.2) is 34.3 Å². The van der Waals surface area contributed by atoms with Crippen molar-refractivity contribution >= 4 is 5.95 Å². The molecule has 5 nitrogen and oxygen atoms in total. The quantitative estimate of drug-likeness (QED) is 0.876. The van der Waals surface area contributed by atoms with Crippen LogP contribution in [0.1, 0.15) is 24.0 Å². The number of aromatic nitrogens is 3. The van der Waals surface area contributed by atoms with Gasteiger partial charge in [0.05, 0.1) is 0 Å². The zero-order valence-electron chi connectivity index (χ0n) is 12.1. The highest BCUT2D eigenvalue weighted by Crippen LogP contribution is 2.22. The van der Waals surface area contributed by atoms with Gasteiger partial charge in [-0.3, -0.25) is 5.10 Å². The van der Waals surface area contributed by atoms with E-state index in [0.717, 1.165) is 43.3 Å². The van der Waals surface area contributed by atoms with Gasteiger partial charge in [-0.15, -0.1) is 5.10 Å². The minimum Gasteiger partial charge on any atom is -0.339 e. The first-order valence-electron chi connectivity index (χ1n) is 7.13. The van der Waals surface area contributed by atoms with Gasteiger partial charge in [-0.25, -0.2) is 0 Å². The number of rotatable bonds is 2. The molecule has 1 aliphatic rings. The van der Waals surface area contributed by atoms with Gasteiger partial charge < -0.3 is 10.6 Å². The van der Waals surface area contributed by atoms with Gasteiger partial charge in [-0.1, -0.05) is 17.2 Å². The summed E-state index contributed by atoms with van der Waals surface area (Å²) in [5.74, 6) is 1.62. The third-order valence-electron chi connectivity index (χ3n) is 3.79. The predicted molar refractivity (Wildman–Crippen MR) is 80.7 cm³/mol. The van der Waals surface area contributed by atoms with Crippen molar-refractivity contribution in [2.24, 2.45) is 5.73 Å². The Morgan fingerprint density at radius 3 is 2.45 bits per heavy atom. The molecule has 0 saturated carbocycles. The average molecular weight is 271 g/mol. The summed E-state index contributed by atoms with van der Waals surface area (Å²) < 4.78 is 0. The second kappa shape index (κ2) is 5.25. The largest absolute Gasteiger partial charge is 0.339 e. The van der Waals surface area contributed by atoms with E-state index >= 15 is 0 Å². The fourth-order valence-corrected chi connectivity index (χ4v) is 2.73. The highest BCUT2D eigenvalue weighted by atomic mass is 15.4. The lowest BCUT2D eigenvalue weighted by molar-refractivity contribution is 0.496. The van der Waals surface area contributed by atoms with Gasteiger partial charge >= 0.3 is 0 Å². The Kier molecular flexibility index (Phi) is 3.44. The van der Waals surface area contributed by atoms with Gasteiger partial charge in [0.2, 0.25) is 5.95 Å². The number of aromatic amines is 1. The van der Waals surface area contributed by atoms with Crippen molar-refractivity contribution < 1.29 is 0 Å². The average Bonchev–Trinajstić information content (AvgIpc) is 2.88. The molecule has 106 valence electrons. The van der Waals surface area contributed by atoms with Crippen molar-refractivity contribution in [3.05, 3.63) is 29.3 Å². The molecule has 0 atom stereocenters. The maximum absolute atomic E-state index is 5.93. The van der Waals surface area contributed by atoms with Gasteiger partial charge in [0.25, 0.3) is 0 Å². The molecule has 1 aromatic carbocycles. The molecule has 0 bridgehead atoms. The van der Waals surface area contributed by atoms with Crippen LogP contribution in [0.5, 0.6) is 0 Å². The molecule has 5 heteroatoms. The predicted octanol–water partition coefficient (Wildman–Crippen LogP) is 2.02. The van der Waals surface area contributed by atoms with Crippen LogP contribution in [0.3, 0.4) is 0 Å². The number of anilines is 1. The first-order valence-corrected chi connectivity index (χ1v) is 7.13. The summed E-state index contributed by atoms with van der Waals surface area (Å²) in [6.45, 7) is 6.07. The monoisotopic (exact) mass is 271 g/mol. The SMILES string of the molecule is Cc1cc(C)cc(-c2nc(N3CCC(N)CC3)n[nH]2)c1. The van der Waals surface area contributed by atoms with E-state index in [-0.39, 0.29) is 0 Å². The molecule has 0 amide bonds. The Morgan fingerprint density at radius 1 is 1.15 bits per heavy atom. The second-order valence-corrected chi connectivity index (χ2v) is 5.68. The number of H-pyrrole nitrogens is 1. The standard InChI is InChI=1S/C15H21N5/c1-10-7-11(2)9-12(8-10)14-17-15(19-18-14)20-5-3-13(16)4-6-20/h7-9,13H,3-6,16H2,1-2H3,(H,17,18,19). The summed E-state index contributed by atoms with van der Waals surface area (Å²) in [5, 5.41) is 7.40. The van der Waals surface area contributed by atoms with Gasteiger partial charge in [0, 0.05) is 24.7 Å². The van der Waals surface area contributed by atoms with Crippen molar-refractivity contribution in [1.29, 1.82) is 0 Å². The van der Waals surface area contributed by atoms with E-state index < -0.39 is 0 Å². The zero-order chi connectivity index (χ0) is 14.1. The van der Waals surface area contributed by atoms with Gasteiger partial charge in [0.1, 0.15) is 0 Å². The van der Waals surface area contributed by atoms with E-state index in [2.05, 4.69) is 52.1 Å². The molecule has 1 saturated heterocycles. The fourth-order valence-electron chi connectivity index (χ4n) is 2.73. The molecule has 1 fully saturated rings. The summed E-state index contributed by atoms with van der Waals surface area (Å²) in [5.41, 5.74) is 9.50. The topological polar surface area (TPSA) is 70.8 Å². The summed E-state index contributed by atoms with van der Waals surface area (Å²) >= 11 is 0. The summed E-state index contributed by atoms with van der Waals surface area (Å²) in [7, 11) is 0. The van der Waals surface area contributed by atoms with Crippen LogP contribution in [0.25, 0.3) is 11.4 Å². The van der Waals surface area contributed by atoms with E-state index in [1.807, 2.05) is 0 Å². The van der Waals surface area contributed by atoms with E-state index in [4.69, 9.17) is 5.73 Å². The Balaban J connectivity index is 1.83. The third-order valence-corrected chi connectivity index (χ3v) is 3.79. The molecule has 1 aromatic heterocycles. The van der Waals surface area contributed by atoms with E-state index in [9.17, 15) is 0 Å². The minimum absolute atomic E-state index is 0.323. The van der Waals surface area contributed by atoms with Crippen molar-refractivity contribution in [1.82, 2.24) is 15.2 Å². The smallest absolute Gasteiger partial charge is 0.245 e. The number of benzene rings is 1. The van der Waals surface area contributed by atoms with Gasteiger partial charge in [-0.2, -0.15) is 4.98 Å². The fraction of sp³-hybridized carbons (Fsp3) is 0.467. The molecule has 0 spiro atoms. The molecule has 0 aliphatic carbocycles. The molecule has 0 unspecified atom stereocenters. The minimum atomic E-state index is 0.323. The summed E-state index contributed by atoms with van der Waals surface area (Å²) in [6, 6.07) is 6.74. The van der Waals surface area contributed by atoms with E-state index in [1.54, 1.807) is 0 Å². The van der Waals surface area contributed by atoms with Gasteiger partial charge in [0.15, 0.2) is 5.82 Å². The van der Waals surface area contributed by atoms with Crippen molar-refractivity contribution in [2.75, 3.05) is 18.0 Å². The van der Waals surface area contributed by atoms with Gasteiger partial charge in [-0.05, 0) is 38.8 Å². The number of piperidine rings is 1. The summed E-state index contributed by atoms with van der Waals surface area (Å²) in [4.78, 5) is 6.83. The Hall–Kier alpha value is -1.88. The van der Waals surface area contributed by atoms with Crippen molar-refractivity contribution in [3.8, 4) is 11.4 Å². The van der Waals surface area contributed by atoms with Crippen molar-refractivity contribution in [2.45, 2.75) is 32.7 Å². The van der Waals surface area contributed by atoms with Crippen LogP contribution in [0, 0.1) is 13.8 Å². The Labute approximate surface area is 119 Å². The lowest BCUT2D eigenvalue weighted by atomic mass is 10.1. The molecule has 1 aliphatic heterocycles. The number of hydrogen-bond donors (Lipinski definition) is 2. The molecule has 20 heavy (non-hydrogen) atoms. The first kappa shape index (κ1) is 13.1. The second-order valence-electron chi connectivity index (χ2n) is 5.68. The molecular weight excluding hydrogens is 250 g/mol. The number of aryl methyl sites for hydroxylation is 2. The Morgan fingerprint density at radius 2 is 1.80 bits per heavy atom. The van der Waals surface area contributed by atoms with Crippen molar-refractivity contribution in [3.63, 3.8) is 0 Å². The lowest BCUT2D eigenvalue weighted by Crippen LogP contribution is -2.40. The van der Waals surface area contributed by atoms with Crippen LogP contribution in [-0.2, 0) is 0 Å². The lowest BCUT2D eigenvalue weighted by Gasteiger charge is -2.28. The molecule has 2 heterocycles. The normalized spacial score (nSPS) is 16.6. The zero-order valence-corrected chi connectivity index (χ0v) is 12.1. The highest BCUT2D eigenvalue weighted by molar-refractivity contribution is 5.58. The van der Waals surface area contributed by atoms with E-state index in [1.165, 1.54) is 11.1 Å². The number of nitrogens with one attached hydrogen (secondary N) is 1. The first-order chi connectivity index (χ1) is 9.61. The van der Waals surface area contributed by atoms with Crippen LogP contribution in [0.4, 0.5) is 5.95 Å². The van der Waals surface area contributed by atoms with Crippen LogP contribution < -0.4 is 10.6 Å². The maximum Gasteiger partial charge on any atom is 0.245 e. The van der Waals surface area contributed by atoms with E-state index in [0.29, 0.717) is 6.04 Å². The molecular formula is C15H21N5. The number of nitrogens with two attached hydrogens (primary N) is 1. The number of nitrogens with zero attached hydrogens (tertiary/aromatic N) is 3. The third kappa shape index (κ3) is 2.67. The highest BCUT2D eigenvalue weighted by Gasteiger charge is 2.19. The Bertz CT molecular complexity index is 576. The van der Waals surface area contributed by atoms with Crippen LogP contribution >= 0.6 is 0 Å². The number of hydrogen-bond acceptors (Lipinski definition) is 4. The van der Waals surface area contributed by atoms with Crippen LogP contribution in [0.15, 0.2) is 18.2 Å². The molecule has 0 radical (unpaired) electrons.